The second kappa shape index (κ2) is 14.5. The second-order valence-corrected chi connectivity index (χ2v) is 10.6. The Morgan fingerprint density at radius 1 is 0.850 bits per heavy atom. The highest BCUT2D eigenvalue weighted by molar-refractivity contribution is 5.69. The molecule has 0 aliphatic rings. The van der Waals surface area contributed by atoms with Crippen LogP contribution in [0.5, 0.6) is 0 Å². The molecule has 4 aromatic rings. The number of anilines is 1. The molecule has 210 valence electrons. The summed E-state index contributed by atoms with van der Waals surface area (Å²) in [6.45, 7) is 6.10. The predicted molar refractivity (Wildman–Crippen MR) is 161 cm³/mol. The first kappa shape index (κ1) is 29.1. The van der Waals surface area contributed by atoms with E-state index in [1.54, 1.807) is 6.26 Å². The highest BCUT2D eigenvalue weighted by Crippen LogP contribution is 2.28. The highest BCUT2D eigenvalue weighted by Gasteiger charge is 2.16. The van der Waals surface area contributed by atoms with Gasteiger partial charge in [-0.05, 0) is 47.6 Å². The summed E-state index contributed by atoms with van der Waals surface area (Å²) < 4.78 is 5.73. The normalized spacial score (nSPS) is 11.3. The van der Waals surface area contributed by atoms with E-state index >= 15 is 0 Å². The molecule has 0 fully saturated rings. The molecule has 4 rings (SSSR count). The van der Waals surface area contributed by atoms with E-state index in [-0.39, 0.29) is 6.54 Å². The molecule has 0 aliphatic heterocycles. The Morgan fingerprint density at radius 3 is 2.12 bits per heavy atom. The van der Waals surface area contributed by atoms with Gasteiger partial charge in [0.1, 0.15) is 12.0 Å². The number of oxazole rings is 1. The predicted octanol–water partition coefficient (Wildman–Crippen LogP) is 7.75. The summed E-state index contributed by atoms with van der Waals surface area (Å²) in [4.78, 5) is 20.1. The molecule has 0 saturated heterocycles. The molecule has 1 heterocycles. The van der Waals surface area contributed by atoms with Gasteiger partial charge in [0.2, 0.25) is 5.89 Å². The van der Waals surface area contributed by atoms with Gasteiger partial charge in [-0.1, -0.05) is 93.4 Å². The minimum absolute atomic E-state index is 0.0889. The standard InChI is InChI=1S/C34H41N3O3/c1-4-9-28(10-5-2)29-15-13-27(14-16-29)21-36(3)31-19-17-30(18-20-31)32-25-40-33(35-32)23-37(24-34(38)39)22-26-11-7-6-8-12-26/h6-8,11-20,25,28H,4-5,9-10,21-24H2,1-3H3,(H,38,39). The molecule has 0 atom stereocenters. The van der Waals surface area contributed by atoms with E-state index < -0.39 is 5.97 Å². The van der Waals surface area contributed by atoms with Crippen molar-refractivity contribution in [3.8, 4) is 11.3 Å². The van der Waals surface area contributed by atoms with Gasteiger partial charge in [-0.2, -0.15) is 0 Å². The van der Waals surface area contributed by atoms with Crippen molar-refractivity contribution in [2.45, 2.75) is 65.1 Å². The zero-order valence-electron chi connectivity index (χ0n) is 23.9. The lowest BCUT2D eigenvalue weighted by Gasteiger charge is -2.21. The monoisotopic (exact) mass is 539 g/mol. The number of benzene rings is 3. The van der Waals surface area contributed by atoms with Gasteiger partial charge in [0, 0.05) is 31.4 Å². The van der Waals surface area contributed by atoms with E-state index in [0.717, 1.165) is 29.1 Å². The minimum atomic E-state index is -0.879. The summed E-state index contributed by atoms with van der Waals surface area (Å²) in [5, 5.41) is 9.36. The number of carboxylic acids is 1. The van der Waals surface area contributed by atoms with Crippen molar-refractivity contribution >= 4 is 11.7 Å². The molecule has 0 aliphatic carbocycles. The summed E-state index contributed by atoms with van der Waals surface area (Å²) in [7, 11) is 2.11. The zero-order valence-corrected chi connectivity index (χ0v) is 23.9. The van der Waals surface area contributed by atoms with Crippen LogP contribution in [0.25, 0.3) is 11.3 Å². The van der Waals surface area contributed by atoms with Crippen molar-refractivity contribution in [2.24, 2.45) is 0 Å². The van der Waals surface area contributed by atoms with Crippen LogP contribution in [0.3, 0.4) is 0 Å². The van der Waals surface area contributed by atoms with Crippen LogP contribution in [0, 0.1) is 0 Å². The number of hydrogen-bond acceptors (Lipinski definition) is 5. The smallest absolute Gasteiger partial charge is 0.317 e. The van der Waals surface area contributed by atoms with Crippen molar-refractivity contribution in [1.82, 2.24) is 9.88 Å². The van der Waals surface area contributed by atoms with Gasteiger partial charge in [-0.25, -0.2) is 4.98 Å². The quantitative estimate of drug-likeness (QED) is 0.167. The van der Waals surface area contributed by atoms with E-state index in [2.05, 4.69) is 79.3 Å². The molecule has 0 unspecified atom stereocenters. The van der Waals surface area contributed by atoms with Crippen LogP contribution in [0.15, 0.2) is 89.5 Å². The van der Waals surface area contributed by atoms with Crippen molar-refractivity contribution in [1.29, 1.82) is 0 Å². The van der Waals surface area contributed by atoms with Crippen LogP contribution in [0.2, 0.25) is 0 Å². The first-order valence-corrected chi connectivity index (χ1v) is 14.3. The van der Waals surface area contributed by atoms with Crippen molar-refractivity contribution in [3.63, 3.8) is 0 Å². The third-order valence-corrected chi connectivity index (χ3v) is 7.27. The van der Waals surface area contributed by atoms with Gasteiger partial charge in [0.15, 0.2) is 0 Å². The summed E-state index contributed by atoms with van der Waals surface area (Å²) in [5.74, 6) is 0.281. The molecule has 0 spiro atoms. The molecule has 0 bridgehead atoms. The van der Waals surface area contributed by atoms with Gasteiger partial charge in [0.25, 0.3) is 0 Å². The second-order valence-electron chi connectivity index (χ2n) is 10.6. The SMILES string of the molecule is CCCC(CCC)c1ccc(CN(C)c2ccc(-c3coc(CN(CC(=O)O)Cc4ccccc4)n3)cc2)cc1. The van der Waals surface area contributed by atoms with Crippen LogP contribution < -0.4 is 4.90 Å². The summed E-state index contributed by atoms with van der Waals surface area (Å²) in [5.41, 5.74) is 6.62. The Balaban J connectivity index is 1.37. The van der Waals surface area contributed by atoms with Gasteiger partial charge in [-0.15, -0.1) is 0 Å². The topological polar surface area (TPSA) is 69.8 Å². The number of nitrogens with zero attached hydrogens (tertiary/aromatic N) is 3. The van der Waals surface area contributed by atoms with Crippen LogP contribution in [-0.2, 0) is 24.4 Å². The van der Waals surface area contributed by atoms with E-state index in [9.17, 15) is 9.90 Å². The molecule has 0 radical (unpaired) electrons. The molecular formula is C34H41N3O3. The summed E-state index contributed by atoms with van der Waals surface area (Å²) in [6, 6.07) is 27.3. The Bertz CT molecular complexity index is 1310. The van der Waals surface area contributed by atoms with Gasteiger partial charge in [0.05, 0.1) is 13.1 Å². The Kier molecular flexibility index (Phi) is 10.5. The van der Waals surface area contributed by atoms with Crippen LogP contribution in [0.1, 0.15) is 68.0 Å². The third-order valence-electron chi connectivity index (χ3n) is 7.27. The van der Waals surface area contributed by atoms with Crippen molar-refractivity contribution in [3.05, 3.63) is 108 Å². The van der Waals surface area contributed by atoms with Crippen molar-refractivity contribution in [2.75, 3.05) is 18.5 Å². The minimum Gasteiger partial charge on any atom is -0.480 e. The maximum Gasteiger partial charge on any atom is 0.317 e. The number of rotatable bonds is 15. The molecule has 40 heavy (non-hydrogen) atoms. The average molecular weight is 540 g/mol. The average Bonchev–Trinajstić information content (AvgIpc) is 3.42. The molecule has 0 amide bonds. The maximum atomic E-state index is 11.4. The van der Waals surface area contributed by atoms with Gasteiger partial charge in [-0.3, -0.25) is 9.69 Å². The number of aromatic nitrogens is 1. The number of hydrogen-bond donors (Lipinski definition) is 1. The lowest BCUT2D eigenvalue weighted by molar-refractivity contribution is -0.138. The number of carboxylic acid groups (broad SMARTS) is 1. The largest absolute Gasteiger partial charge is 0.480 e. The van der Waals surface area contributed by atoms with E-state index in [0.29, 0.717) is 24.9 Å². The fraction of sp³-hybridized carbons (Fsp3) is 0.353. The molecule has 1 aromatic heterocycles. The summed E-state index contributed by atoms with van der Waals surface area (Å²) >= 11 is 0. The molecular weight excluding hydrogens is 498 g/mol. The molecule has 3 aromatic carbocycles. The fourth-order valence-corrected chi connectivity index (χ4v) is 5.23. The number of carbonyl (C=O) groups is 1. The van der Waals surface area contributed by atoms with Gasteiger partial charge >= 0.3 is 5.97 Å². The van der Waals surface area contributed by atoms with Crippen molar-refractivity contribution < 1.29 is 14.3 Å². The van der Waals surface area contributed by atoms with Crippen LogP contribution in [0.4, 0.5) is 5.69 Å². The van der Waals surface area contributed by atoms with Gasteiger partial charge < -0.3 is 14.4 Å². The molecule has 6 heteroatoms. The first-order valence-electron chi connectivity index (χ1n) is 14.3. The van der Waals surface area contributed by atoms with Crippen LogP contribution >= 0.6 is 0 Å². The van der Waals surface area contributed by atoms with E-state index in [4.69, 9.17) is 4.42 Å². The first-order chi connectivity index (χ1) is 19.4. The Morgan fingerprint density at radius 2 is 1.50 bits per heavy atom. The lowest BCUT2D eigenvalue weighted by Crippen LogP contribution is -2.29. The van der Waals surface area contributed by atoms with Crippen LogP contribution in [-0.4, -0.2) is 34.6 Å². The Hall–Kier alpha value is -3.90. The zero-order chi connectivity index (χ0) is 28.3. The maximum absolute atomic E-state index is 11.4. The van der Waals surface area contributed by atoms with E-state index in [1.807, 2.05) is 35.2 Å². The highest BCUT2D eigenvalue weighted by atomic mass is 16.4. The third kappa shape index (κ3) is 8.30. The molecule has 0 saturated carbocycles. The lowest BCUT2D eigenvalue weighted by atomic mass is 9.90. The molecule has 1 N–H and O–H groups in total. The number of aliphatic carboxylic acids is 1. The summed E-state index contributed by atoms with van der Waals surface area (Å²) in [6.07, 6.45) is 6.58. The molecule has 6 nitrogen and oxygen atoms in total. The van der Waals surface area contributed by atoms with E-state index in [1.165, 1.54) is 36.8 Å². The Labute approximate surface area is 238 Å². The fourth-order valence-electron chi connectivity index (χ4n) is 5.23.